The van der Waals surface area contributed by atoms with Crippen LogP contribution in [0.15, 0.2) is 18.2 Å². The van der Waals surface area contributed by atoms with E-state index in [2.05, 4.69) is 24.5 Å². The molecule has 0 aliphatic heterocycles. The van der Waals surface area contributed by atoms with E-state index >= 15 is 0 Å². The van der Waals surface area contributed by atoms with Crippen molar-refractivity contribution in [3.8, 4) is 11.5 Å². The van der Waals surface area contributed by atoms with Crippen molar-refractivity contribution in [2.24, 2.45) is 0 Å². The van der Waals surface area contributed by atoms with E-state index in [1.807, 2.05) is 25.1 Å². The molecule has 5 heteroatoms. The second-order valence-electron chi connectivity index (χ2n) is 4.71. The van der Waals surface area contributed by atoms with Crippen molar-refractivity contribution in [1.29, 1.82) is 0 Å². The Morgan fingerprint density at radius 1 is 1.25 bits per heavy atom. The molecule has 0 heterocycles. The number of hydrogen-bond acceptors (Lipinski definition) is 4. The van der Waals surface area contributed by atoms with Gasteiger partial charge in [0, 0.05) is 19.6 Å². The minimum atomic E-state index is -0.169. The summed E-state index contributed by atoms with van der Waals surface area (Å²) in [6, 6.07) is 6.18. The van der Waals surface area contributed by atoms with Gasteiger partial charge in [-0.15, -0.1) is 0 Å². The van der Waals surface area contributed by atoms with Crippen LogP contribution in [0.1, 0.15) is 26.3 Å². The van der Waals surface area contributed by atoms with Crippen molar-refractivity contribution in [3.05, 3.63) is 23.8 Å². The predicted molar refractivity (Wildman–Crippen MR) is 79.1 cm³/mol. The van der Waals surface area contributed by atoms with Crippen LogP contribution in [0.5, 0.6) is 11.5 Å². The molecule has 20 heavy (non-hydrogen) atoms. The number of carbonyl (C=O) groups excluding carboxylic acids is 1. The van der Waals surface area contributed by atoms with E-state index in [4.69, 9.17) is 9.47 Å². The SMILES string of the molecule is CCOc1cc(CNC(C)C)ccc1OCC(=O)NC. The molecule has 0 radical (unpaired) electrons. The molecule has 0 aliphatic carbocycles. The van der Waals surface area contributed by atoms with Crippen LogP contribution in [0.25, 0.3) is 0 Å². The van der Waals surface area contributed by atoms with Crippen molar-refractivity contribution in [2.45, 2.75) is 33.4 Å². The topological polar surface area (TPSA) is 59.6 Å². The summed E-state index contributed by atoms with van der Waals surface area (Å²) >= 11 is 0. The maximum absolute atomic E-state index is 11.2. The second kappa shape index (κ2) is 8.43. The van der Waals surface area contributed by atoms with E-state index in [0.717, 1.165) is 12.1 Å². The van der Waals surface area contributed by atoms with Crippen molar-refractivity contribution >= 4 is 5.91 Å². The third-order valence-electron chi connectivity index (χ3n) is 2.66. The van der Waals surface area contributed by atoms with Crippen molar-refractivity contribution in [2.75, 3.05) is 20.3 Å². The first-order valence-electron chi connectivity index (χ1n) is 6.89. The molecule has 1 amide bonds. The number of rotatable bonds is 8. The fourth-order valence-corrected chi connectivity index (χ4v) is 1.59. The molecule has 0 saturated carbocycles. The van der Waals surface area contributed by atoms with Crippen LogP contribution in [-0.4, -0.2) is 32.2 Å². The van der Waals surface area contributed by atoms with Gasteiger partial charge in [-0.2, -0.15) is 0 Å². The van der Waals surface area contributed by atoms with E-state index in [1.54, 1.807) is 7.05 Å². The molecule has 1 aromatic rings. The highest BCUT2D eigenvalue weighted by Gasteiger charge is 2.08. The molecular weight excluding hydrogens is 256 g/mol. The first-order chi connectivity index (χ1) is 9.56. The maximum atomic E-state index is 11.2. The average Bonchev–Trinajstić information content (AvgIpc) is 2.44. The van der Waals surface area contributed by atoms with E-state index in [1.165, 1.54) is 0 Å². The van der Waals surface area contributed by atoms with E-state index in [-0.39, 0.29) is 12.5 Å². The number of carbonyl (C=O) groups is 1. The lowest BCUT2D eigenvalue weighted by atomic mass is 10.2. The number of hydrogen-bond donors (Lipinski definition) is 2. The zero-order chi connectivity index (χ0) is 15.0. The van der Waals surface area contributed by atoms with E-state index in [0.29, 0.717) is 24.1 Å². The molecule has 0 unspecified atom stereocenters. The van der Waals surface area contributed by atoms with Gasteiger partial charge < -0.3 is 20.1 Å². The van der Waals surface area contributed by atoms with Crippen LogP contribution in [0.4, 0.5) is 0 Å². The number of ether oxygens (including phenoxy) is 2. The Labute approximate surface area is 120 Å². The monoisotopic (exact) mass is 280 g/mol. The Morgan fingerprint density at radius 2 is 2.00 bits per heavy atom. The first kappa shape index (κ1) is 16.3. The Balaban J connectivity index is 2.75. The lowest BCUT2D eigenvalue weighted by molar-refractivity contribution is -0.122. The lowest BCUT2D eigenvalue weighted by Gasteiger charge is -2.14. The zero-order valence-electron chi connectivity index (χ0n) is 12.7. The summed E-state index contributed by atoms with van der Waals surface area (Å²) in [4.78, 5) is 11.2. The molecule has 1 rings (SSSR count). The maximum Gasteiger partial charge on any atom is 0.257 e. The largest absolute Gasteiger partial charge is 0.490 e. The van der Waals surface area contributed by atoms with Gasteiger partial charge in [-0.05, 0) is 24.6 Å². The highest BCUT2D eigenvalue weighted by molar-refractivity contribution is 5.77. The summed E-state index contributed by atoms with van der Waals surface area (Å²) in [5.74, 6) is 1.08. The summed E-state index contributed by atoms with van der Waals surface area (Å²) in [5.41, 5.74) is 1.12. The summed E-state index contributed by atoms with van der Waals surface area (Å²) in [7, 11) is 1.58. The van der Waals surface area contributed by atoms with Gasteiger partial charge in [0.25, 0.3) is 5.91 Å². The average molecular weight is 280 g/mol. The first-order valence-corrected chi connectivity index (χ1v) is 6.89. The minimum Gasteiger partial charge on any atom is -0.490 e. The lowest BCUT2D eigenvalue weighted by Crippen LogP contribution is -2.25. The van der Waals surface area contributed by atoms with Crippen molar-refractivity contribution in [3.63, 3.8) is 0 Å². The smallest absolute Gasteiger partial charge is 0.257 e. The van der Waals surface area contributed by atoms with Gasteiger partial charge in [-0.3, -0.25) is 4.79 Å². The summed E-state index contributed by atoms with van der Waals surface area (Å²) < 4.78 is 11.0. The van der Waals surface area contributed by atoms with Gasteiger partial charge in [-0.1, -0.05) is 19.9 Å². The predicted octanol–water partition coefficient (Wildman–Crippen LogP) is 1.71. The Bertz CT molecular complexity index is 433. The van der Waals surface area contributed by atoms with E-state index < -0.39 is 0 Å². The molecule has 0 atom stereocenters. The summed E-state index contributed by atoms with van der Waals surface area (Å²) in [5, 5.41) is 5.87. The van der Waals surface area contributed by atoms with Crippen LogP contribution >= 0.6 is 0 Å². The third kappa shape index (κ3) is 5.48. The second-order valence-corrected chi connectivity index (χ2v) is 4.71. The van der Waals surface area contributed by atoms with Gasteiger partial charge in [0.1, 0.15) is 0 Å². The normalized spacial score (nSPS) is 10.4. The van der Waals surface area contributed by atoms with E-state index in [9.17, 15) is 4.79 Å². The number of nitrogens with one attached hydrogen (secondary N) is 2. The van der Waals surface area contributed by atoms with Crippen LogP contribution in [0.3, 0.4) is 0 Å². The standard InChI is InChI=1S/C15H24N2O3/c1-5-19-14-8-12(9-17-11(2)3)6-7-13(14)20-10-15(18)16-4/h6-8,11,17H,5,9-10H2,1-4H3,(H,16,18). The molecule has 0 spiro atoms. The molecule has 0 aromatic heterocycles. The fourth-order valence-electron chi connectivity index (χ4n) is 1.59. The number of likely N-dealkylation sites (N-methyl/N-ethyl adjacent to an activating group) is 1. The molecule has 0 saturated heterocycles. The Morgan fingerprint density at radius 3 is 2.60 bits per heavy atom. The molecule has 0 fully saturated rings. The number of benzene rings is 1. The Kier molecular flexibility index (Phi) is 6.87. The third-order valence-corrected chi connectivity index (χ3v) is 2.66. The summed E-state index contributed by atoms with van der Waals surface area (Å²) in [6.45, 7) is 7.43. The Hall–Kier alpha value is -1.75. The van der Waals surface area contributed by atoms with Gasteiger partial charge in [0.15, 0.2) is 18.1 Å². The molecular formula is C15H24N2O3. The quantitative estimate of drug-likeness (QED) is 0.761. The van der Waals surface area contributed by atoms with Crippen LogP contribution in [0, 0.1) is 0 Å². The fraction of sp³-hybridized carbons (Fsp3) is 0.533. The van der Waals surface area contributed by atoms with Gasteiger partial charge in [-0.25, -0.2) is 0 Å². The molecule has 0 aliphatic rings. The molecule has 2 N–H and O–H groups in total. The van der Waals surface area contributed by atoms with Crippen LogP contribution < -0.4 is 20.1 Å². The van der Waals surface area contributed by atoms with Crippen molar-refractivity contribution in [1.82, 2.24) is 10.6 Å². The molecule has 5 nitrogen and oxygen atoms in total. The minimum absolute atomic E-state index is 0.0137. The number of amides is 1. The van der Waals surface area contributed by atoms with Gasteiger partial charge in [0.05, 0.1) is 6.61 Å². The molecule has 112 valence electrons. The molecule has 1 aromatic carbocycles. The zero-order valence-corrected chi connectivity index (χ0v) is 12.7. The van der Waals surface area contributed by atoms with Crippen LogP contribution in [-0.2, 0) is 11.3 Å². The van der Waals surface area contributed by atoms with Crippen LogP contribution in [0.2, 0.25) is 0 Å². The highest BCUT2D eigenvalue weighted by Crippen LogP contribution is 2.28. The van der Waals surface area contributed by atoms with Gasteiger partial charge in [0.2, 0.25) is 0 Å². The van der Waals surface area contributed by atoms with Crippen molar-refractivity contribution < 1.29 is 14.3 Å². The highest BCUT2D eigenvalue weighted by atomic mass is 16.5. The van der Waals surface area contributed by atoms with Gasteiger partial charge >= 0.3 is 0 Å². The molecule has 0 bridgehead atoms. The summed E-state index contributed by atoms with van der Waals surface area (Å²) in [6.07, 6.45) is 0.